The number of benzene rings is 1. The third-order valence-corrected chi connectivity index (χ3v) is 2.21. The van der Waals surface area contributed by atoms with Crippen molar-refractivity contribution < 1.29 is 37.2 Å². The molecule has 0 spiro atoms. The molecule has 11 heavy (non-hydrogen) atoms. The molecule has 1 aromatic carbocycles. The van der Waals surface area contributed by atoms with Gasteiger partial charge in [0.05, 0.1) is 0 Å². The van der Waals surface area contributed by atoms with Gasteiger partial charge in [-0.15, -0.1) is 0 Å². The van der Waals surface area contributed by atoms with Crippen molar-refractivity contribution in [2.45, 2.75) is 4.44 Å². The Bertz CT molecular complexity index is 155. The summed E-state index contributed by atoms with van der Waals surface area (Å²) in [6.45, 7) is 0. The van der Waals surface area contributed by atoms with Gasteiger partial charge in [-0.2, -0.15) is 0 Å². The average Bonchev–Trinajstić information content (AvgIpc) is 1.90. The van der Waals surface area contributed by atoms with E-state index in [0.717, 1.165) is 0 Å². The van der Waals surface area contributed by atoms with Crippen LogP contribution in [0.15, 0.2) is 30.3 Å². The van der Waals surface area contributed by atoms with Gasteiger partial charge in [0.25, 0.3) is 0 Å². The molecule has 0 aliphatic carbocycles. The van der Waals surface area contributed by atoms with Gasteiger partial charge in [0.1, 0.15) is 0 Å². The fourth-order valence-corrected chi connectivity index (χ4v) is 1.27. The number of rotatable bonds is 1. The molecule has 0 aliphatic heterocycles. The van der Waals surface area contributed by atoms with E-state index in [2.05, 4.69) is 30.3 Å². The van der Waals surface area contributed by atoms with Crippen molar-refractivity contribution in [1.29, 1.82) is 0 Å². The third-order valence-electron chi connectivity index (χ3n) is 1.05. The molecule has 1 aromatic rings. The molecular formula is C7H7Cl3Sn. The van der Waals surface area contributed by atoms with Crippen LogP contribution in [0.4, 0.5) is 0 Å². The minimum absolute atomic E-state index is 0. The van der Waals surface area contributed by atoms with Crippen LogP contribution in [0.25, 0.3) is 0 Å². The van der Waals surface area contributed by atoms with Gasteiger partial charge in [0.2, 0.25) is 0 Å². The van der Waals surface area contributed by atoms with E-state index in [4.69, 9.17) is 0 Å². The van der Waals surface area contributed by atoms with E-state index in [1.807, 2.05) is 0 Å². The number of halogens is 3. The van der Waals surface area contributed by atoms with E-state index in [1.54, 1.807) is 22.5 Å². The van der Waals surface area contributed by atoms with Crippen molar-refractivity contribution in [3.8, 4) is 0 Å². The summed E-state index contributed by atoms with van der Waals surface area (Å²) in [5, 5.41) is 0. The Morgan fingerprint density at radius 2 is 1.36 bits per heavy atom. The van der Waals surface area contributed by atoms with Crippen molar-refractivity contribution in [2.75, 3.05) is 0 Å². The summed E-state index contributed by atoms with van der Waals surface area (Å²) in [4.78, 5) is 0. The summed E-state index contributed by atoms with van der Waals surface area (Å²) >= 11 is 1.59. The molecule has 0 N–H and O–H groups in total. The minimum atomic E-state index is 0. The van der Waals surface area contributed by atoms with Crippen molar-refractivity contribution in [3.63, 3.8) is 0 Å². The van der Waals surface area contributed by atoms with Crippen molar-refractivity contribution >= 4 is 22.5 Å². The quantitative estimate of drug-likeness (QED) is 0.452. The van der Waals surface area contributed by atoms with E-state index in [1.165, 1.54) is 10.0 Å². The molecule has 0 heterocycles. The van der Waals surface area contributed by atoms with Crippen LogP contribution in [0, 0.1) is 0 Å². The molecule has 0 nitrogen and oxygen atoms in total. The van der Waals surface area contributed by atoms with Crippen molar-refractivity contribution in [3.05, 3.63) is 35.9 Å². The fourth-order valence-electron chi connectivity index (χ4n) is 0.596. The molecule has 0 saturated heterocycles. The van der Waals surface area contributed by atoms with Crippen LogP contribution in [-0.2, 0) is 4.44 Å². The maximum atomic E-state index is 2.16. The topological polar surface area (TPSA) is 0 Å². The van der Waals surface area contributed by atoms with Crippen LogP contribution >= 0.6 is 0 Å². The molecule has 0 atom stereocenters. The van der Waals surface area contributed by atoms with E-state index in [-0.39, 0.29) is 37.2 Å². The van der Waals surface area contributed by atoms with Crippen LogP contribution in [-0.4, -0.2) is 22.5 Å². The first-order valence-corrected chi connectivity index (χ1v) is 4.64. The molecule has 0 radical (unpaired) electrons. The zero-order valence-corrected chi connectivity index (χ0v) is 10.8. The molecule has 0 fully saturated rings. The molecule has 4 heteroatoms. The van der Waals surface area contributed by atoms with Crippen molar-refractivity contribution in [2.24, 2.45) is 0 Å². The predicted octanol–water partition coefficient (Wildman–Crippen LogP) is -7.63. The van der Waals surface area contributed by atoms with E-state index in [0.29, 0.717) is 0 Å². The first-order chi connectivity index (χ1) is 3.93. The SMILES string of the molecule is [Cl-].[Cl-].[Cl-].[Sn+3][CH2]c1ccccc1. The molecule has 0 bridgehead atoms. The zero-order chi connectivity index (χ0) is 5.82. The van der Waals surface area contributed by atoms with Gasteiger partial charge in [-0.3, -0.25) is 0 Å². The van der Waals surface area contributed by atoms with Crippen molar-refractivity contribution in [1.82, 2.24) is 0 Å². The van der Waals surface area contributed by atoms with Gasteiger partial charge in [0, 0.05) is 0 Å². The molecular weight excluding hydrogens is 309 g/mol. The first-order valence-electron chi connectivity index (χ1n) is 2.62. The van der Waals surface area contributed by atoms with Crippen LogP contribution in [0.3, 0.4) is 0 Å². The second kappa shape index (κ2) is 10.9. The van der Waals surface area contributed by atoms with E-state index >= 15 is 0 Å². The Balaban J connectivity index is -0.000000213. The molecule has 0 saturated carbocycles. The molecule has 60 valence electrons. The molecule has 0 amide bonds. The summed E-state index contributed by atoms with van der Waals surface area (Å²) < 4.78 is 1.23. The Hall–Kier alpha value is 0.889. The van der Waals surface area contributed by atoms with E-state index in [9.17, 15) is 0 Å². The van der Waals surface area contributed by atoms with Gasteiger partial charge in [-0.05, 0) is 0 Å². The Morgan fingerprint density at radius 1 is 0.909 bits per heavy atom. The second-order valence-electron chi connectivity index (χ2n) is 1.66. The van der Waals surface area contributed by atoms with Gasteiger partial charge in [0.15, 0.2) is 0 Å². The summed E-state index contributed by atoms with van der Waals surface area (Å²) in [6.07, 6.45) is 0. The molecule has 0 unspecified atom stereocenters. The third kappa shape index (κ3) is 7.26. The van der Waals surface area contributed by atoms with Crippen LogP contribution < -0.4 is 37.2 Å². The van der Waals surface area contributed by atoms with Crippen LogP contribution in [0.2, 0.25) is 0 Å². The second-order valence-corrected chi connectivity index (χ2v) is 2.67. The summed E-state index contributed by atoms with van der Waals surface area (Å²) in [5.41, 5.74) is 1.45. The Morgan fingerprint density at radius 3 is 1.64 bits per heavy atom. The normalized spacial score (nSPS) is 6.73. The average molecular weight is 316 g/mol. The predicted molar refractivity (Wildman–Crippen MR) is 35.9 cm³/mol. The Kier molecular flexibility index (Phi) is 17.7. The maximum absolute atomic E-state index is 2.16. The van der Waals surface area contributed by atoms with E-state index < -0.39 is 0 Å². The number of hydrogen-bond acceptors (Lipinski definition) is 0. The van der Waals surface area contributed by atoms with Gasteiger partial charge >= 0.3 is 62.9 Å². The monoisotopic (exact) mass is 316 g/mol. The fraction of sp³-hybridized carbons (Fsp3) is 0.143. The summed E-state index contributed by atoms with van der Waals surface area (Å²) in [7, 11) is 0. The van der Waals surface area contributed by atoms with Gasteiger partial charge in [-0.1, -0.05) is 0 Å². The van der Waals surface area contributed by atoms with Crippen LogP contribution in [0.1, 0.15) is 5.56 Å². The van der Waals surface area contributed by atoms with Gasteiger partial charge in [-0.25, -0.2) is 0 Å². The summed E-state index contributed by atoms with van der Waals surface area (Å²) in [6, 6.07) is 10.5. The zero-order valence-electron chi connectivity index (χ0n) is 5.73. The van der Waals surface area contributed by atoms with Crippen LogP contribution in [0.5, 0.6) is 0 Å². The standard InChI is InChI=1S/C7H7.3ClH.Sn/c1-7-5-3-2-4-6-7;;;;/h2-6H,1H2;3*1H;/q;;;;+3/p-3. The van der Waals surface area contributed by atoms with Gasteiger partial charge < -0.3 is 37.2 Å². The Labute approximate surface area is 99.5 Å². The summed E-state index contributed by atoms with van der Waals surface area (Å²) in [5.74, 6) is 0. The molecule has 1 rings (SSSR count). The molecule has 0 aromatic heterocycles. The molecule has 0 aliphatic rings. The number of hydrogen-bond donors (Lipinski definition) is 0. The first kappa shape index (κ1) is 17.8.